The molecule has 0 aliphatic carbocycles. The molecule has 0 saturated heterocycles. The van der Waals surface area contributed by atoms with Gasteiger partial charge in [-0.25, -0.2) is 4.57 Å². The number of aliphatic carboxylic acids is 1. The smallest absolute Gasteiger partial charge is 0.472 e. The Hall–Kier alpha value is -1.78. The molecule has 3 unspecified atom stereocenters. The van der Waals surface area contributed by atoms with Crippen molar-refractivity contribution in [3.63, 3.8) is 0 Å². The molecule has 0 rings (SSSR count). The summed E-state index contributed by atoms with van der Waals surface area (Å²) >= 11 is 0. The molecule has 0 aromatic carbocycles. The Kier molecular flexibility index (Phi) is 52.1. The van der Waals surface area contributed by atoms with Crippen molar-refractivity contribution in [2.24, 2.45) is 5.73 Å². The van der Waals surface area contributed by atoms with E-state index in [9.17, 15) is 23.8 Å². The Labute approximate surface area is 430 Å². The maximum Gasteiger partial charge on any atom is 0.472 e. The van der Waals surface area contributed by atoms with Crippen LogP contribution in [0, 0.1) is 0 Å². The van der Waals surface area contributed by atoms with Crippen molar-refractivity contribution < 1.29 is 47.5 Å². The summed E-state index contributed by atoms with van der Waals surface area (Å²) < 4.78 is 33.0. The zero-order valence-corrected chi connectivity index (χ0v) is 46.5. The molecule has 0 aliphatic rings. The highest BCUT2D eigenvalue weighted by molar-refractivity contribution is 7.47. The van der Waals surface area contributed by atoms with Gasteiger partial charge in [-0.2, -0.15) is 0 Å². The van der Waals surface area contributed by atoms with Crippen molar-refractivity contribution in [3.05, 3.63) is 12.2 Å². The lowest BCUT2D eigenvalue weighted by Gasteiger charge is -2.20. The Morgan fingerprint density at radius 2 is 0.714 bits per heavy atom. The molecular formula is C58H112NO10P. The molecule has 0 fully saturated rings. The van der Waals surface area contributed by atoms with Gasteiger partial charge >= 0.3 is 25.7 Å². The van der Waals surface area contributed by atoms with Crippen LogP contribution in [0.5, 0.6) is 0 Å². The van der Waals surface area contributed by atoms with Gasteiger partial charge < -0.3 is 25.2 Å². The second kappa shape index (κ2) is 53.5. The fraction of sp³-hybridized carbons (Fsp3) is 0.914. The number of carbonyl (C=O) groups is 3. The van der Waals surface area contributed by atoms with Gasteiger partial charge in [-0.15, -0.1) is 0 Å². The van der Waals surface area contributed by atoms with Gasteiger partial charge in [0.05, 0.1) is 13.2 Å². The number of ether oxygens (including phenoxy) is 2. The summed E-state index contributed by atoms with van der Waals surface area (Å²) in [5, 5.41) is 8.95. The summed E-state index contributed by atoms with van der Waals surface area (Å²) in [6.45, 7) is 2.88. The summed E-state index contributed by atoms with van der Waals surface area (Å²) in [6.07, 6.45) is 60.0. The number of carboxylic acid groups (broad SMARTS) is 1. The molecule has 70 heavy (non-hydrogen) atoms. The summed E-state index contributed by atoms with van der Waals surface area (Å²) in [7, 11) is -4.72. The highest BCUT2D eigenvalue weighted by Gasteiger charge is 2.28. The third kappa shape index (κ3) is 52.5. The third-order valence-electron chi connectivity index (χ3n) is 13.5. The van der Waals surface area contributed by atoms with Crippen LogP contribution in [0.25, 0.3) is 0 Å². The van der Waals surface area contributed by atoms with Crippen LogP contribution in [-0.4, -0.2) is 59.9 Å². The number of carbonyl (C=O) groups excluding carboxylic acids is 2. The van der Waals surface area contributed by atoms with E-state index >= 15 is 0 Å². The predicted molar refractivity (Wildman–Crippen MR) is 291 cm³/mol. The molecule has 414 valence electrons. The molecular weight excluding hydrogens is 902 g/mol. The summed E-state index contributed by atoms with van der Waals surface area (Å²) in [5.41, 5.74) is 5.37. The number of rotatable bonds is 57. The van der Waals surface area contributed by atoms with Crippen LogP contribution in [0.3, 0.4) is 0 Å². The summed E-state index contributed by atoms with van der Waals surface area (Å²) in [5.74, 6) is -2.35. The zero-order chi connectivity index (χ0) is 51.3. The number of unbranched alkanes of at least 4 members (excludes halogenated alkanes) is 41. The lowest BCUT2D eigenvalue weighted by molar-refractivity contribution is -0.161. The van der Waals surface area contributed by atoms with Gasteiger partial charge in [-0.1, -0.05) is 270 Å². The maximum atomic E-state index is 12.7. The van der Waals surface area contributed by atoms with Crippen LogP contribution in [0.1, 0.15) is 309 Å². The molecule has 0 heterocycles. The first kappa shape index (κ1) is 68.2. The maximum absolute atomic E-state index is 12.7. The van der Waals surface area contributed by atoms with Crippen molar-refractivity contribution in [1.82, 2.24) is 0 Å². The average Bonchev–Trinajstić information content (AvgIpc) is 3.34. The van der Waals surface area contributed by atoms with Gasteiger partial charge in [0, 0.05) is 12.8 Å². The van der Waals surface area contributed by atoms with E-state index in [0.29, 0.717) is 12.8 Å². The fourth-order valence-corrected chi connectivity index (χ4v) is 9.67. The van der Waals surface area contributed by atoms with Crippen molar-refractivity contribution in [3.8, 4) is 0 Å². The minimum Gasteiger partial charge on any atom is -0.480 e. The van der Waals surface area contributed by atoms with Gasteiger partial charge in [-0.05, 0) is 38.5 Å². The second-order valence-corrected chi connectivity index (χ2v) is 21.9. The van der Waals surface area contributed by atoms with Crippen molar-refractivity contribution >= 4 is 25.7 Å². The normalized spacial score (nSPS) is 13.4. The van der Waals surface area contributed by atoms with Gasteiger partial charge in [0.2, 0.25) is 0 Å². The quantitative estimate of drug-likeness (QED) is 0.0229. The molecule has 0 bridgehead atoms. The Bertz CT molecular complexity index is 1230. The zero-order valence-electron chi connectivity index (χ0n) is 45.6. The first-order chi connectivity index (χ1) is 34.1. The Morgan fingerprint density at radius 1 is 0.429 bits per heavy atom. The monoisotopic (exact) mass is 1010 g/mol. The molecule has 0 amide bonds. The fourth-order valence-electron chi connectivity index (χ4n) is 8.89. The predicted octanol–water partition coefficient (Wildman–Crippen LogP) is 17.5. The lowest BCUT2D eigenvalue weighted by Crippen LogP contribution is -2.34. The Balaban J connectivity index is 4.10. The molecule has 11 nitrogen and oxygen atoms in total. The van der Waals surface area contributed by atoms with Crippen LogP contribution in [0.4, 0.5) is 0 Å². The van der Waals surface area contributed by atoms with Crippen molar-refractivity contribution in [1.29, 1.82) is 0 Å². The number of phosphoric acid groups is 1. The lowest BCUT2D eigenvalue weighted by atomic mass is 10.0. The van der Waals surface area contributed by atoms with Crippen LogP contribution in [-0.2, 0) is 37.5 Å². The molecule has 0 saturated carbocycles. The topological polar surface area (TPSA) is 172 Å². The van der Waals surface area contributed by atoms with Crippen LogP contribution in [0.15, 0.2) is 12.2 Å². The van der Waals surface area contributed by atoms with Crippen LogP contribution < -0.4 is 5.73 Å². The van der Waals surface area contributed by atoms with Crippen molar-refractivity contribution in [2.45, 2.75) is 321 Å². The number of phosphoric ester groups is 1. The summed E-state index contributed by atoms with van der Waals surface area (Å²) in [6, 6.07) is -1.52. The highest BCUT2D eigenvalue weighted by Crippen LogP contribution is 2.43. The SMILES string of the molecule is CCCCCCCCCC/C=C\CCCCCCCCCCCCCC(=O)OC(COC(=O)CCCCCCCCCCCCCCCCCCCCCCCCC)COP(=O)(O)OCC(N)C(=O)O. The second-order valence-electron chi connectivity index (χ2n) is 20.5. The number of nitrogens with two attached hydrogens (primary N) is 1. The molecule has 0 spiro atoms. The minimum atomic E-state index is -4.72. The molecule has 3 atom stereocenters. The first-order valence-corrected chi connectivity index (χ1v) is 31.2. The molecule has 0 aromatic rings. The molecule has 12 heteroatoms. The number of esters is 2. The van der Waals surface area contributed by atoms with Crippen molar-refractivity contribution in [2.75, 3.05) is 19.8 Å². The largest absolute Gasteiger partial charge is 0.480 e. The highest BCUT2D eigenvalue weighted by atomic mass is 31.2. The van der Waals surface area contributed by atoms with E-state index in [-0.39, 0.29) is 19.4 Å². The van der Waals surface area contributed by atoms with Crippen LogP contribution in [0.2, 0.25) is 0 Å². The third-order valence-corrected chi connectivity index (χ3v) is 14.5. The summed E-state index contributed by atoms with van der Waals surface area (Å²) in [4.78, 5) is 46.4. The Morgan fingerprint density at radius 3 is 1.04 bits per heavy atom. The number of hydrogen-bond acceptors (Lipinski definition) is 9. The molecule has 0 aliphatic heterocycles. The van der Waals surface area contributed by atoms with Crippen LogP contribution >= 0.6 is 7.82 Å². The first-order valence-electron chi connectivity index (χ1n) is 29.7. The van der Waals surface area contributed by atoms with E-state index in [4.69, 9.17) is 29.4 Å². The molecule has 4 N–H and O–H groups in total. The van der Waals surface area contributed by atoms with Gasteiger partial charge in [0.25, 0.3) is 0 Å². The number of hydrogen-bond donors (Lipinski definition) is 3. The van der Waals surface area contributed by atoms with E-state index in [1.165, 1.54) is 231 Å². The molecule has 0 radical (unpaired) electrons. The van der Waals surface area contributed by atoms with E-state index in [1.807, 2.05) is 0 Å². The molecule has 0 aromatic heterocycles. The standard InChI is InChI=1S/C58H112NO10P/c1-3-5-7-9-11-13-15-17-19-21-23-25-27-29-31-33-35-37-39-41-43-45-47-49-56(60)66-51-54(52-67-70(64,65)68-53-55(59)58(62)63)69-57(61)50-48-46-44-42-40-38-36-34-32-30-28-26-24-22-20-18-16-14-12-10-8-6-4-2/h22,24,54-55H,3-21,23,25-53,59H2,1-2H3,(H,62,63)(H,64,65)/b24-22-. The number of carboxylic acids is 1. The minimum absolute atomic E-state index is 0.166. The van der Waals surface area contributed by atoms with E-state index in [2.05, 4.69) is 26.0 Å². The van der Waals surface area contributed by atoms with Gasteiger partial charge in [0.15, 0.2) is 6.10 Å². The van der Waals surface area contributed by atoms with Gasteiger partial charge in [0.1, 0.15) is 12.6 Å². The average molecular weight is 1010 g/mol. The van der Waals surface area contributed by atoms with E-state index < -0.39 is 51.1 Å². The van der Waals surface area contributed by atoms with E-state index in [1.54, 1.807) is 0 Å². The van der Waals surface area contributed by atoms with E-state index in [0.717, 1.165) is 38.5 Å². The number of allylic oxidation sites excluding steroid dienone is 2. The van der Waals surface area contributed by atoms with Gasteiger partial charge in [-0.3, -0.25) is 23.4 Å².